The van der Waals surface area contributed by atoms with Crippen LogP contribution in [0.5, 0.6) is 0 Å². The molecule has 1 aromatic heterocycles. The lowest BCUT2D eigenvalue weighted by atomic mass is 10.2. The number of nitrogens with one attached hydrogen (secondary N) is 1. The first-order valence-corrected chi connectivity index (χ1v) is 4.51. The summed E-state index contributed by atoms with van der Waals surface area (Å²) in [4.78, 5) is 7.05. The number of aromatic amines is 1. The second-order valence-corrected chi connectivity index (χ2v) is 3.42. The summed E-state index contributed by atoms with van der Waals surface area (Å²) in [5.41, 5.74) is 1.53. The first-order chi connectivity index (χ1) is 6.66. The smallest absolute Gasteiger partial charge is 0.142 e. The highest BCUT2D eigenvalue weighted by atomic mass is 35.5. The van der Waals surface area contributed by atoms with Gasteiger partial charge in [-0.2, -0.15) is 0 Å². The van der Waals surface area contributed by atoms with Crippen LogP contribution in [0.4, 0.5) is 4.39 Å². The van der Waals surface area contributed by atoms with Crippen molar-refractivity contribution in [3.05, 3.63) is 41.1 Å². The second kappa shape index (κ2) is 3.42. The number of hydrogen-bond donors (Lipinski definition) is 1. The van der Waals surface area contributed by atoms with Crippen LogP contribution < -0.4 is 0 Å². The summed E-state index contributed by atoms with van der Waals surface area (Å²) in [6.07, 6.45) is 1.66. The molecule has 0 radical (unpaired) electrons. The predicted octanol–water partition coefficient (Wildman–Crippen LogP) is 3.18. The molecule has 72 valence electrons. The van der Waals surface area contributed by atoms with Gasteiger partial charge in [0.2, 0.25) is 0 Å². The molecule has 0 amide bonds. The summed E-state index contributed by atoms with van der Waals surface area (Å²) < 4.78 is 13.1. The third-order valence-corrected chi connectivity index (χ3v) is 2.24. The third kappa shape index (κ3) is 1.63. The summed E-state index contributed by atoms with van der Waals surface area (Å²) in [5.74, 6) is 0.381. The minimum absolute atomic E-state index is 0.130. The van der Waals surface area contributed by atoms with Crippen LogP contribution in [-0.2, 0) is 0 Å². The molecule has 0 bridgehead atoms. The van der Waals surface area contributed by atoms with Crippen molar-refractivity contribution in [1.29, 1.82) is 0 Å². The van der Waals surface area contributed by atoms with Crippen molar-refractivity contribution >= 4 is 11.6 Å². The fraction of sp³-hybridized carbons (Fsp3) is 0.100. The third-order valence-electron chi connectivity index (χ3n) is 1.93. The van der Waals surface area contributed by atoms with E-state index in [2.05, 4.69) is 9.97 Å². The summed E-state index contributed by atoms with van der Waals surface area (Å²) in [7, 11) is 0. The molecule has 4 heteroatoms. The molecule has 0 unspecified atom stereocenters. The molecule has 0 aliphatic carbocycles. The molecule has 14 heavy (non-hydrogen) atoms. The molecule has 0 spiro atoms. The summed E-state index contributed by atoms with van der Waals surface area (Å²) in [6, 6.07) is 4.66. The van der Waals surface area contributed by atoms with Gasteiger partial charge in [-0.15, -0.1) is 0 Å². The van der Waals surface area contributed by atoms with Crippen molar-refractivity contribution in [1.82, 2.24) is 9.97 Å². The van der Waals surface area contributed by atoms with Gasteiger partial charge in [-0.05, 0) is 19.1 Å². The minimum atomic E-state index is -0.420. The molecular weight excluding hydrogens is 203 g/mol. The van der Waals surface area contributed by atoms with Gasteiger partial charge in [-0.25, -0.2) is 9.37 Å². The maximum absolute atomic E-state index is 13.1. The highest BCUT2D eigenvalue weighted by Crippen LogP contribution is 2.22. The Morgan fingerprint density at radius 3 is 2.79 bits per heavy atom. The van der Waals surface area contributed by atoms with Crippen molar-refractivity contribution < 1.29 is 4.39 Å². The van der Waals surface area contributed by atoms with Gasteiger partial charge >= 0.3 is 0 Å². The standard InChI is InChI=1S/C10H8ClFN2/c1-6-13-5-10(14-6)7-2-3-8(11)9(12)4-7/h2-5H,1H3,(H,13,14). The highest BCUT2D eigenvalue weighted by molar-refractivity contribution is 6.30. The zero-order valence-electron chi connectivity index (χ0n) is 7.51. The zero-order valence-corrected chi connectivity index (χ0v) is 8.27. The van der Waals surface area contributed by atoms with Gasteiger partial charge in [-0.3, -0.25) is 0 Å². The van der Waals surface area contributed by atoms with Gasteiger partial charge in [0, 0.05) is 5.56 Å². The van der Waals surface area contributed by atoms with E-state index >= 15 is 0 Å². The molecule has 1 heterocycles. The minimum Gasteiger partial charge on any atom is -0.342 e. The Morgan fingerprint density at radius 2 is 2.21 bits per heavy atom. The molecule has 0 aliphatic rings. The zero-order chi connectivity index (χ0) is 10.1. The topological polar surface area (TPSA) is 28.7 Å². The van der Waals surface area contributed by atoms with E-state index in [9.17, 15) is 4.39 Å². The van der Waals surface area contributed by atoms with Crippen molar-refractivity contribution in [2.75, 3.05) is 0 Å². The number of aromatic nitrogens is 2. The van der Waals surface area contributed by atoms with E-state index in [0.29, 0.717) is 0 Å². The molecule has 1 N–H and O–H groups in total. The molecular formula is C10H8ClFN2. The van der Waals surface area contributed by atoms with E-state index in [-0.39, 0.29) is 5.02 Å². The number of H-pyrrole nitrogens is 1. The fourth-order valence-corrected chi connectivity index (χ4v) is 1.35. The lowest BCUT2D eigenvalue weighted by Gasteiger charge is -1.98. The molecule has 2 rings (SSSR count). The Hall–Kier alpha value is -1.35. The van der Waals surface area contributed by atoms with Gasteiger partial charge in [0.1, 0.15) is 11.6 Å². The lowest BCUT2D eigenvalue weighted by Crippen LogP contribution is -1.81. The van der Waals surface area contributed by atoms with Gasteiger partial charge in [0.15, 0.2) is 0 Å². The Bertz CT molecular complexity index is 465. The van der Waals surface area contributed by atoms with Crippen LogP contribution in [-0.4, -0.2) is 9.97 Å². The fourth-order valence-electron chi connectivity index (χ4n) is 1.23. The SMILES string of the molecule is Cc1ncc(-c2ccc(Cl)c(F)c2)[nH]1. The number of rotatable bonds is 1. The quantitative estimate of drug-likeness (QED) is 0.770. The molecule has 0 atom stereocenters. The van der Waals surface area contributed by atoms with Crippen molar-refractivity contribution in [3.8, 4) is 11.3 Å². The first-order valence-electron chi connectivity index (χ1n) is 4.14. The maximum Gasteiger partial charge on any atom is 0.142 e. The van der Waals surface area contributed by atoms with E-state index in [4.69, 9.17) is 11.6 Å². The van der Waals surface area contributed by atoms with Gasteiger partial charge in [0.25, 0.3) is 0 Å². The van der Waals surface area contributed by atoms with Crippen LogP contribution in [0.25, 0.3) is 11.3 Å². The van der Waals surface area contributed by atoms with Crippen LogP contribution in [0, 0.1) is 12.7 Å². The largest absolute Gasteiger partial charge is 0.342 e. The van der Waals surface area contributed by atoms with Crippen molar-refractivity contribution in [2.45, 2.75) is 6.92 Å². The molecule has 0 fully saturated rings. The number of aryl methyl sites for hydroxylation is 1. The second-order valence-electron chi connectivity index (χ2n) is 3.01. The lowest BCUT2D eigenvalue weighted by molar-refractivity contribution is 0.628. The number of nitrogens with zero attached hydrogens (tertiary/aromatic N) is 1. The Labute approximate surface area is 85.8 Å². The van der Waals surface area contributed by atoms with Crippen molar-refractivity contribution in [2.24, 2.45) is 0 Å². The van der Waals surface area contributed by atoms with E-state index in [1.165, 1.54) is 12.1 Å². The van der Waals surface area contributed by atoms with E-state index in [0.717, 1.165) is 17.1 Å². The summed E-state index contributed by atoms with van der Waals surface area (Å²) in [5, 5.41) is 0.130. The molecule has 1 aromatic carbocycles. The molecule has 0 saturated carbocycles. The Balaban J connectivity index is 2.47. The molecule has 2 aromatic rings. The van der Waals surface area contributed by atoms with E-state index < -0.39 is 5.82 Å². The number of imidazole rings is 1. The van der Waals surface area contributed by atoms with Crippen LogP contribution >= 0.6 is 11.6 Å². The van der Waals surface area contributed by atoms with Gasteiger partial charge in [-0.1, -0.05) is 17.7 Å². The van der Waals surface area contributed by atoms with Crippen LogP contribution in [0.3, 0.4) is 0 Å². The Kier molecular flexibility index (Phi) is 2.25. The van der Waals surface area contributed by atoms with Gasteiger partial charge in [0.05, 0.1) is 16.9 Å². The van der Waals surface area contributed by atoms with Crippen LogP contribution in [0.2, 0.25) is 5.02 Å². The first kappa shape index (κ1) is 9.21. The average molecular weight is 211 g/mol. The van der Waals surface area contributed by atoms with Crippen LogP contribution in [0.15, 0.2) is 24.4 Å². The predicted molar refractivity (Wildman–Crippen MR) is 53.7 cm³/mol. The number of benzene rings is 1. The van der Waals surface area contributed by atoms with Gasteiger partial charge < -0.3 is 4.98 Å². The average Bonchev–Trinajstić information content (AvgIpc) is 2.57. The molecule has 0 aliphatic heterocycles. The normalized spacial score (nSPS) is 10.5. The maximum atomic E-state index is 13.1. The van der Waals surface area contributed by atoms with Crippen molar-refractivity contribution in [3.63, 3.8) is 0 Å². The summed E-state index contributed by atoms with van der Waals surface area (Å²) >= 11 is 5.57. The molecule has 2 nitrogen and oxygen atoms in total. The monoisotopic (exact) mass is 210 g/mol. The highest BCUT2D eigenvalue weighted by Gasteiger charge is 2.04. The number of hydrogen-bond acceptors (Lipinski definition) is 1. The Morgan fingerprint density at radius 1 is 1.43 bits per heavy atom. The molecule has 0 saturated heterocycles. The number of halogens is 2. The van der Waals surface area contributed by atoms with Crippen LogP contribution in [0.1, 0.15) is 5.82 Å². The van der Waals surface area contributed by atoms with E-state index in [1.54, 1.807) is 12.3 Å². The van der Waals surface area contributed by atoms with E-state index in [1.807, 2.05) is 6.92 Å². The summed E-state index contributed by atoms with van der Waals surface area (Å²) in [6.45, 7) is 1.84.